The molecule has 0 bridgehead atoms. The van der Waals surface area contributed by atoms with Gasteiger partial charge in [-0.2, -0.15) is 0 Å². The summed E-state index contributed by atoms with van der Waals surface area (Å²) in [5.74, 6) is -0.253. The summed E-state index contributed by atoms with van der Waals surface area (Å²) >= 11 is 0. The van der Waals surface area contributed by atoms with Gasteiger partial charge in [-0.3, -0.25) is 0 Å². The Labute approximate surface area is 213 Å². The van der Waals surface area contributed by atoms with Crippen LogP contribution in [0.4, 0.5) is 0 Å². The van der Waals surface area contributed by atoms with Crippen molar-refractivity contribution in [1.82, 2.24) is 0 Å². The van der Waals surface area contributed by atoms with Gasteiger partial charge in [-0.15, -0.1) is 0 Å². The zero-order valence-electron chi connectivity index (χ0n) is 23.3. The van der Waals surface area contributed by atoms with Gasteiger partial charge in [-0.1, -0.05) is 148 Å². The highest BCUT2D eigenvalue weighted by Gasteiger charge is 2.01. The minimum absolute atomic E-state index is 0.253. The lowest BCUT2D eigenvalue weighted by molar-refractivity contribution is -0.139. The van der Waals surface area contributed by atoms with Gasteiger partial charge in [0.1, 0.15) is 0 Å². The Morgan fingerprint density at radius 1 is 0.471 bits per heavy atom. The summed E-state index contributed by atoms with van der Waals surface area (Å²) in [5, 5.41) is 0. The van der Waals surface area contributed by atoms with Crippen molar-refractivity contribution < 1.29 is 14.3 Å². The Balaban J connectivity index is 3.05. The predicted molar refractivity (Wildman–Crippen MR) is 148 cm³/mol. The van der Waals surface area contributed by atoms with Crippen LogP contribution in [0.3, 0.4) is 0 Å². The molecule has 202 valence electrons. The van der Waals surface area contributed by atoms with Crippen LogP contribution in [-0.2, 0) is 14.3 Å². The molecule has 0 aliphatic heterocycles. The van der Waals surface area contributed by atoms with Gasteiger partial charge >= 0.3 is 5.97 Å². The zero-order chi connectivity index (χ0) is 25.0. The first-order valence-corrected chi connectivity index (χ1v) is 15.0. The van der Waals surface area contributed by atoms with Crippen LogP contribution in [0.2, 0.25) is 0 Å². The quantitative estimate of drug-likeness (QED) is 0.0634. The van der Waals surface area contributed by atoms with E-state index in [-0.39, 0.29) is 5.97 Å². The lowest BCUT2D eigenvalue weighted by atomic mass is 10.0. The molecule has 34 heavy (non-hydrogen) atoms. The molecule has 0 N–H and O–H groups in total. The molecule has 0 fully saturated rings. The second kappa shape index (κ2) is 28.4. The molecule has 0 heterocycles. The van der Waals surface area contributed by atoms with E-state index < -0.39 is 0 Å². The van der Waals surface area contributed by atoms with Gasteiger partial charge in [0.15, 0.2) is 0 Å². The summed E-state index contributed by atoms with van der Waals surface area (Å²) in [7, 11) is 1.80. The normalized spacial score (nSPS) is 11.1. The molecule has 0 aromatic heterocycles. The molecule has 3 heteroatoms. The summed E-state index contributed by atoms with van der Waals surface area (Å²) in [4.78, 5) is 11.3. The topological polar surface area (TPSA) is 35.5 Å². The van der Waals surface area contributed by atoms with Crippen molar-refractivity contribution in [2.45, 2.75) is 161 Å². The van der Waals surface area contributed by atoms with Gasteiger partial charge < -0.3 is 9.47 Å². The molecule has 0 radical (unpaired) electrons. The Morgan fingerprint density at radius 2 is 0.706 bits per heavy atom. The van der Waals surface area contributed by atoms with Crippen molar-refractivity contribution in [3.8, 4) is 0 Å². The van der Waals surface area contributed by atoms with Crippen molar-refractivity contribution >= 4 is 5.97 Å². The molecule has 0 atom stereocenters. The standard InChI is InChI=1S/C31H60O3/c1-30(2)31(32)34-29-27-25-23-21-19-17-15-13-11-9-7-5-4-6-8-10-12-14-16-18-20-22-24-26-28-33-3/h1,4-29H2,2-3H3. The highest BCUT2D eigenvalue weighted by Crippen LogP contribution is 2.15. The highest BCUT2D eigenvalue weighted by atomic mass is 16.5. The summed E-state index contributed by atoms with van der Waals surface area (Å²) < 4.78 is 10.2. The molecular formula is C31H60O3. The smallest absolute Gasteiger partial charge is 0.333 e. The van der Waals surface area contributed by atoms with Gasteiger partial charge in [0.2, 0.25) is 0 Å². The molecule has 0 saturated heterocycles. The third kappa shape index (κ3) is 27.4. The first-order valence-electron chi connectivity index (χ1n) is 15.0. The summed E-state index contributed by atoms with van der Waals surface area (Å²) in [6.07, 6.45) is 33.1. The van der Waals surface area contributed by atoms with Crippen LogP contribution in [0.5, 0.6) is 0 Å². The number of esters is 1. The van der Waals surface area contributed by atoms with Crippen molar-refractivity contribution in [2.75, 3.05) is 20.3 Å². The van der Waals surface area contributed by atoms with Crippen LogP contribution >= 0.6 is 0 Å². The minimum Gasteiger partial charge on any atom is -0.462 e. The Bertz CT molecular complexity index is 432. The number of carbonyl (C=O) groups is 1. The number of carbonyl (C=O) groups excluding carboxylic acids is 1. The van der Waals surface area contributed by atoms with E-state index >= 15 is 0 Å². The van der Waals surface area contributed by atoms with Gasteiger partial charge in [-0.05, 0) is 19.8 Å². The first kappa shape index (κ1) is 33.2. The van der Waals surface area contributed by atoms with Crippen LogP contribution < -0.4 is 0 Å². The van der Waals surface area contributed by atoms with Crippen LogP contribution in [0.15, 0.2) is 12.2 Å². The summed E-state index contributed by atoms with van der Waals surface area (Å²) in [6, 6.07) is 0. The molecule has 0 aromatic rings. The lowest BCUT2D eigenvalue weighted by Gasteiger charge is -2.05. The third-order valence-electron chi connectivity index (χ3n) is 6.82. The second-order valence-electron chi connectivity index (χ2n) is 10.4. The SMILES string of the molecule is C=C(C)C(=O)OCCCCCCCCCCCCCCCCCCCCCCCCCCOC. The molecule has 0 aliphatic carbocycles. The van der Waals surface area contributed by atoms with Gasteiger partial charge in [0.05, 0.1) is 6.61 Å². The fraction of sp³-hybridized carbons (Fsp3) is 0.903. The molecule has 0 aliphatic rings. The van der Waals surface area contributed by atoms with Crippen molar-refractivity contribution in [1.29, 1.82) is 0 Å². The van der Waals surface area contributed by atoms with Crippen molar-refractivity contribution in [2.24, 2.45) is 0 Å². The van der Waals surface area contributed by atoms with E-state index in [4.69, 9.17) is 9.47 Å². The summed E-state index contributed by atoms with van der Waals surface area (Å²) in [5.41, 5.74) is 0.493. The number of unbranched alkanes of at least 4 members (excludes halogenated alkanes) is 23. The van der Waals surface area contributed by atoms with Gasteiger partial charge in [0, 0.05) is 19.3 Å². The molecule has 0 amide bonds. The zero-order valence-corrected chi connectivity index (χ0v) is 23.3. The lowest BCUT2D eigenvalue weighted by Crippen LogP contribution is -2.05. The fourth-order valence-electron chi connectivity index (χ4n) is 4.53. The van der Waals surface area contributed by atoms with Gasteiger partial charge in [-0.25, -0.2) is 4.79 Å². The molecule has 0 spiro atoms. The number of hydrogen-bond acceptors (Lipinski definition) is 3. The van der Waals surface area contributed by atoms with E-state index in [1.807, 2.05) is 0 Å². The van der Waals surface area contributed by atoms with E-state index in [2.05, 4.69) is 6.58 Å². The third-order valence-corrected chi connectivity index (χ3v) is 6.82. The fourth-order valence-corrected chi connectivity index (χ4v) is 4.53. The molecule has 0 saturated carbocycles. The summed E-state index contributed by atoms with van der Waals surface area (Å²) in [6.45, 7) is 6.77. The predicted octanol–water partition coefficient (Wildman–Crippen LogP) is 10.1. The van der Waals surface area contributed by atoms with E-state index in [9.17, 15) is 4.79 Å². The number of rotatable bonds is 28. The Kier molecular flexibility index (Phi) is 27.7. The Hall–Kier alpha value is -0.830. The van der Waals surface area contributed by atoms with E-state index in [1.165, 1.54) is 148 Å². The monoisotopic (exact) mass is 480 g/mol. The average molecular weight is 481 g/mol. The van der Waals surface area contributed by atoms with E-state index in [1.54, 1.807) is 14.0 Å². The minimum atomic E-state index is -0.253. The van der Waals surface area contributed by atoms with Crippen molar-refractivity contribution in [3.05, 3.63) is 12.2 Å². The molecule has 0 rings (SSSR count). The largest absolute Gasteiger partial charge is 0.462 e. The molecular weight excluding hydrogens is 420 g/mol. The number of methoxy groups -OCH3 is 1. The highest BCUT2D eigenvalue weighted by molar-refractivity contribution is 5.86. The molecule has 3 nitrogen and oxygen atoms in total. The molecule has 0 unspecified atom stereocenters. The second-order valence-corrected chi connectivity index (χ2v) is 10.4. The van der Waals surface area contributed by atoms with Crippen LogP contribution in [0.25, 0.3) is 0 Å². The van der Waals surface area contributed by atoms with E-state index in [0.717, 1.165) is 13.0 Å². The maximum absolute atomic E-state index is 11.3. The van der Waals surface area contributed by atoms with Crippen LogP contribution in [0.1, 0.15) is 161 Å². The Morgan fingerprint density at radius 3 is 0.941 bits per heavy atom. The first-order chi connectivity index (χ1) is 16.7. The number of ether oxygens (including phenoxy) is 2. The maximum atomic E-state index is 11.3. The van der Waals surface area contributed by atoms with Gasteiger partial charge in [0.25, 0.3) is 0 Å². The van der Waals surface area contributed by atoms with Crippen LogP contribution in [-0.4, -0.2) is 26.3 Å². The average Bonchev–Trinajstić information content (AvgIpc) is 2.83. The van der Waals surface area contributed by atoms with E-state index in [0.29, 0.717) is 12.2 Å². The van der Waals surface area contributed by atoms with Crippen molar-refractivity contribution in [3.63, 3.8) is 0 Å². The maximum Gasteiger partial charge on any atom is 0.333 e. The molecule has 0 aromatic carbocycles. The van der Waals surface area contributed by atoms with Crippen LogP contribution in [0, 0.1) is 0 Å². The number of hydrogen-bond donors (Lipinski definition) is 0.